The first-order valence-electron chi connectivity index (χ1n) is 16.0. The molecule has 6 rings (SSSR count). The van der Waals surface area contributed by atoms with E-state index in [1.807, 2.05) is 84.9 Å². The molecule has 6 aromatic rings. The van der Waals surface area contributed by atoms with Crippen molar-refractivity contribution in [2.75, 3.05) is 11.5 Å². The third-order valence-electron chi connectivity index (χ3n) is 8.21. The van der Waals surface area contributed by atoms with Crippen molar-refractivity contribution >= 4 is 11.4 Å². The lowest BCUT2D eigenvalue weighted by molar-refractivity contribution is 0.465. The fourth-order valence-electron chi connectivity index (χ4n) is 5.79. The molecule has 47 heavy (non-hydrogen) atoms. The molecule has 0 radical (unpaired) electrons. The van der Waals surface area contributed by atoms with Crippen LogP contribution in [0.4, 0.5) is 11.4 Å². The normalized spacial score (nSPS) is 10.9. The lowest BCUT2D eigenvalue weighted by Gasteiger charge is -2.16. The van der Waals surface area contributed by atoms with Gasteiger partial charge in [0.2, 0.25) is 0 Å². The molecule has 0 aliphatic rings. The molecule has 5 heteroatoms. The lowest BCUT2D eigenvalue weighted by Crippen LogP contribution is -1.95. The van der Waals surface area contributed by atoms with Crippen molar-refractivity contribution in [2.45, 2.75) is 40.5 Å². The van der Waals surface area contributed by atoms with Crippen LogP contribution in [0.5, 0.6) is 34.5 Å². The molecule has 0 heterocycles. The van der Waals surface area contributed by atoms with Crippen LogP contribution in [-0.2, 0) is 12.8 Å². The summed E-state index contributed by atoms with van der Waals surface area (Å²) >= 11 is 0. The highest BCUT2D eigenvalue weighted by Gasteiger charge is 2.14. The Hall–Kier alpha value is -5.68. The fourth-order valence-corrected chi connectivity index (χ4v) is 5.79. The van der Waals surface area contributed by atoms with Gasteiger partial charge in [-0.2, -0.15) is 0 Å². The molecule has 0 unspecified atom stereocenters. The second-order valence-electron chi connectivity index (χ2n) is 11.8. The van der Waals surface area contributed by atoms with E-state index < -0.39 is 0 Å². The minimum absolute atomic E-state index is 0.695. The lowest BCUT2D eigenvalue weighted by atomic mass is 9.95. The van der Waals surface area contributed by atoms with Crippen LogP contribution in [-0.4, -0.2) is 0 Å². The van der Waals surface area contributed by atoms with Gasteiger partial charge in [-0.15, -0.1) is 0 Å². The molecule has 0 spiro atoms. The van der Waals surface area contributed by atoms with Gasteiger partial charge in [0, 0.05) is 22.5 Å². The van der Waals surface area contributed by atoms with E-state index in [0.717, 1.165) is 46.6 Å². The Morgan fingerprint density at radius 1 is 0.404 bits per heavy atom. The first-order chi connectivity index (χ1) is 22.8. The highest BCUT2D eigenvalue weighted by atomic mass is 16.5. The molecule has 0 saturated heterocycles. The van der Waals surface area contributed by atoms with Gasteiger partial charge in [0.05, 0.1) is 0 Å². The zero-order chi connectivity index (χ0) is 32.9. The molecule has 0 aliphatic carbocycles. The highest BCUT2D eigenvalue weighted by Crippen LogP contribution is 2.39. The number of nitrogen functional groups attached to an aromatic ring is 2. The van der Waals surface area contributed by atoms with E-state index in [9.17, 15) is 0 Å². The van der Waals surface area contributed by atoms with Crippen LogP contribution < -0.4 is 25.7 Å². The van der Waals surface area contributed by atoms with Crippen LogP contribution in [0.3, 0.4) is 0 Å². The third kappa shape index (κ3) is 7.26. The number of hydrogen-bond donors (Lipinski definition) is 2. The molecule has 0 aliphatic heterocycles. The summed E-state index contributed by atoms with van der Waals surface area (Å²) in [5.41, 5.74) is 22.9. The zero-order valence-electron chi connectivity index (χ0n) is 27.3. The van der Waals surface area contributed by atoms with Crippen LogP contribution in [0.1, 0.15) is 36.1 Å². The first kappa shape index (κ1) is 31.3. The van der Waals surface area contributed by atoms with Crippen molar-refractivity contribution in [1.29, 1.82) is 0 Å². The monoisotopic (exact) mass is 620 g/mol. The summed E-state index contributed by atoms with van der Waals surface area (Å²) in [4.78, 5) is 0. The Morgan fingerprint density at radius 2 is 0.766 bits per heavy atom. The number of hydrogen-bond acceptors (Lipinski definition) is 5. The van der Waals surface area contributed by atoms with Gasteiger partial charge in [0.1, 0.15) is 34.5 Å². The van der Waals surface area contributed by atoms with Crippen molar-refractivity contribution in [2.24, 2.45) is 0 Å². The molecule has 0 aromatic heterocycles. The summed E-state index contributed by atoms with van der Waals surface area (Å²) in [6.45, 7) is 8.54. The van der Waals surface area contributed by atoms with E-state index in [0.29, 0.717) is 34.4 Å². The van der Waals surface area contributed by atoms with Crippen molar-refractivity contribution in [3.63, 3.8) is 0 Å². The summed E-state index contributed by atoms with van der Waals surface area (Å²) in [6, 6.07) is 39.7. The summed E-state index contributed by atoms with van der Waals surface area (Å²) < 4.78 is 18.9. The Morgan fingerprint density at radius 3 is 1.13 bits per heavy atom. The Bertz CT molecular complexity index is 1870. The molecule has 5 nitrogen and oxygen atoms in total. The Labute approximate surface area is 277 Å². The van der Waals surface area contributed by atoms with E-state index in [4.69, 9.17) is 25.7 Å². The number of anilines is 2. The van der Waals surface area contributed by atoms with E-state index in [1.54, 1.807) is 0 Å². The predicted octanol–water partition coefficient (Wildman–Crippen LogP) is 11.3. The van der Waals surface area contributed by atoms with Crippen molar-refractivity contribution in [3.8, 4) is 56.8 Å². The second kappa shape index (κ2) is 13.8. The molecule has 236 valence electrons. The fraction of sp³-hybridized carbons (Fsp3) is 0.143. The van der Waals surface area contributed by atoms with Crippen LogP contribution in [0, 0.1) is 13.8 Å². The third-order valence-corrected chi connectivity index (χ3v) is 8.21. The minimum atomic E-state index is 0.695. The van der Waals surface area contributed by atoms with Gasteiger partial charge in [0.15, 0.2) is 0 Å². The summed E-state index contributed by atoms with van der Waals surface area (Å²) in [6.07, 6.45) is 1.83. The molecule has 0 atom stereocenters. The van der Waals surface area contributed by atoms with Crippen molar-refractivity contribution in [3.05, 3.63) is 144 Å². The summed E-state index contributed by atoms with van der Waals surface area (Å²) in [5, 5.41) is 0. The molecule has 0 fully saturated rings. The van der Waals surface area contributed by atoms with Gasteiger partial charge in [-0.05, 0) is 134 Å². The SMILES string of the molecule is CCc1cc(C)ccc1-c1cc(N)ccc1Oc1ccc(Oc2ccc(Oc3ccc(N)cc3-c3ccc(C)cc3CC)cc2)cc1. The van der Waals surface area contributed by atoms with Crippen LogP contribution in [0.25, 0.3) is 22.3 Å². The number of aryl methyl sites for hydroxylation is 4. The zero-order valence-corrected chi connectivity index (χ0v) is 27.3. The van der Waals surface area contributed by atoms with E-state index in [2.05, 4.69) is 64.1 Å². The number of ether oxygens (including phenoxy) is 3. The van der Waals surface area contributed by atoms with Crippen LogP contribution >= 0.6 is 0 Å². The molecule has 6 aromatic carbocycles. The van der Waals surface area contributed by atoms with E-state index >= 15 is 0 Å². The van der Waals surface area contributed by atoms with Gasteiger partial charge in [0.25, 0.3) is 0 Å². The van der Waals surface area contributed by atoms with Crippen molar-refractivity contribution in [1.82, 2.24) is 0 Å². The maximum Gasteiger partial charge on any atom is 0.135 e. The number of benzene rings is 6. The van der Waals surface area contributed by atoms with Gasteiger partial charge in [-0.25, -0.2) is 0 Å². The summed E-state index contributed by atoms with van der Waals surface area (Å²) in [5.74, 6) is 4.30. The number of nitrogens with two attached hydrogens (primary N) is 2. The highest BCUT2D eigenvalue weighted by molar-refractivity contribution is 5.78. The van der Waals surface area contributed by atoms with Gasteiger partial charge >= 0.3 is 0 Å². The Kier molecular flexibility index (Phi) is 9.16. The van der Waals surface area contributed by atoms with E-state index in [-0.39, 0.29) is 0 Å². The van der Waals surface area contributed by atoms with Gasteiger partial charge in [-0.1, -0.05) is 61.4 Å². The maximum absolute atomic E-state index is 6.36. The average Bonchev–Trinajstić information content (AvgIpc) is 3.08. The van der Waals surface area contributed by atoms with Crippen molar-refractivity contribution < 1.29 is 14.2 Å². The minimum Gasteiger partial charge on any atom is -0.457 e. The second-order valence-corrected chi connectivity index (χ2v) is 11.8. The molecule has 0 saturated carbocycles. The average molecular weight is 621 g/mol. The Balaban J connectivity index is 1.16. The maximum atomic E-state index is 6.36. The van der Waals surface area contributed by atoms with Crippen LogP contribution in [0.2, 0.25) is 0 Å². The largest absolute Gasteiger partial charge is 0.457 e. The van der Waals surface area contributed by atoms with Gasteiger partial charge in [-0.3, -0.25) is 0 Å². The number of rotatable bonds is 10. The van der Waals surface area contributed by atoms with E-state index in [1.165, 1.54) is 22.3 Å². The molecular weight excluding hydrogens is 580 g/mol. The van der Waals surface area contributed by atoms with Crippen LogP contribution in [0.15, 0.2) is 121 Å². The smallest absolute Gasteiger partial charge is 0.135 e. The summed E-state index contributed by atoms with van der Waals surface area (Å²) in [7, 11) is 0. The molecule has 0 amide bonds. The molecule has 0 bridgehead atoms. The standard InChI is InChI=1S/C42H40N2O3/c1-5-29-23-27(3)7-19-37(29)39-25-31(43)9-21-41(39)46-35-15-11-33(12-16-35)45-34-13-17-36(18-14-34)47-42-22-10-32(44)26-40(42)38-20-8-28(4)24-30(38)6-2/h7-26H,5-6,43-44H2,1-4H3. The predicted molar refractivity (Wildman–Crippen MR) is 194 cm³/mol. The first-order valence-corrected chi connectivity index (χ1v) is 16.0. The molecule has 4 N–H and O–H groups in total. The molecular formula is C42H40N2O3. The van der Waals surface area contributed by atoms with Gasteiger partial charge < -0.3 is 25.7 Å². The topological polar surface area (TPSA) is 79.7 Å². The quantitative estimate of drug-likeness (QED) is 0.149.